The summed E-state index contributed by atoms with van der Waals surface area (Å²) < 4.78 is 1.97. The van der Waals surface area contributed by atoms with Crippen molar-refractivity contribution in [3.8, 4) is 11.5 Å². The van der Waals surface area contributed by atoms with Crippen molar-refractivity contribution in [2.24, 2.45) is 0 Å². The van der Waals surface area contributed by atoms with E-state index in [-0.39, 0.29) is 35.6 Å². The van der Waals surface area contributed by atoms with E-state index in [2.05, 4.69) is 46.5 Å². The molecule has 1 aromatic heterocycles. The molecule has 34 heavy (non-hydrogen) atoms. The Morgan fingerprint density at radius 1 is 0.706 bits per heavy atom. The average Bonchev–Trinajstić information content (AvgIpc) is 2.71. The number of rotatable bonds is 1. The summed E-state index contributed by atoms with van der Waals surface area (Å²) >= 11 is 1.97. The topological polar surface area (TPSA) is 53.4 Å². The molecule has 1 heterocycles. The predicted molar refractivity (Wildman–Crippen MR) is 132 cm³/mol. The first kappa shape index (κ1) is 34.5. The number of aromatic hydroxyl groups is 2. The number of aryl methyl sites for hydroxylation is 2. The maximum atomic E-state index is 9.57. The average molecular weight is 538 g/mol. The first-order valence-electron chi connectivity index (χ1n) is 10.8. The van der Waals surface area contributed by atoms with Crippen molar-refractivity contribution in [3.63, 3.8) is 0 Å². The molecule has 0 saturated carbocycles. The van der Waals surface area contributed by atoms with E-state index in [1.165, 1.54) is 11.1 Å². The van der Waals surface area contributed by atoms with Crippen molar-refractivity contribution < 1.29 is 55.0 Å². The maximum absolute atomic E-state index is 9.57. The van der Waals surface area contributed by atoms with Crippen LogP contribution in [-0.2, 0) is 30.8 Å². The van der Waals surface area contributed by atoms with Crippen LogP contribution >= 0.6 is 0 Å². The third kappa shape index (κ3) is 12.2. The molecule has 3 nitrogen and oxygen atoms in total. The van der Waals surface area contributed by atoms with Crippen molar-refractivity contribution in [3.05, 3.63) is 88.7 Å². The minimum absolute atomic E-state index is 0. The molecule has 0 aliphatic carbocycles. The van der Waals surface area contributed by atoms with E-state index in [0.717, 1.165) is 16.8 Å². The van der Waals surface area contributed by atoms with Crippen LogP contribution in [0.5, 0.6) is 11.5 Å². The molecule has 0 amide bonds. The Hall–Kier alpha value is -1.65. The fraction of sp³-hybridized carbons (Fsp3) is 0.357. The third-order valence-electron chi connectivity index (χ3n) is 4.76. The third-order valence-corrected chi connectivity index (χ3v) is 5.22. The molecule has 0 fully saturated rings. The zero-order chi connectivity index (χ0) is 24.5. The quantitative estimate of drug-likeness (QED) is 0.451. The molecule has 0 spiro atoms. The molecule has 0 aliphatic heterocycles. The Morgan fingerprint density at radius 3 is 1.35 bits per heavy atom. The summed E-state index contributed by atoms with van der Waals surface area (Å²) in [6.07, 6.45) is 1.79. The molecule has 3 aromatic rings. The van der Waals surface area contributed by atoms with Crippen molar-refractivity contribution in [1.29, 1.82) is 0 Å². The Bertz CT molecular complexity index is 950. The Kier molecular flexibility index (Phi) is 15.6. The van der Waals surface area contributed by atoms with Crippen LogP contribution in [-0.4, -0.2) is 19.5 Å². The number of phenols is 2. The summed E-state index contributed by atoms with van der Waals surface area (Å²) in [4.78, 5) is 4.04. The second kappa shape index (κ2) is 15.4. The molecular weight excluding hydrogens is 501 g/mol. The van der Waals surface area contributed by atoms with Crippen LogP contribution in [0, 0.1) is 13.8 Å². The van der Waals surface area contributed by atoms with Crippen molar-refractivity contribution in [2.45, 2.75) is 66.2 Å². The van der Waals surface area contributed by atoms with Gasteiger partial charge in [-0.2, -0.15) is 0 Å². The monoisotopic (exact) mass is 537 g/mol. The van der Waals surface area contributed by atoms with Crippen LogP contribution in [0.2, 0.25) is 0 Å². The van der Waals surface area contributed by atoms with Crippen molar-refractivity contribution >= 4 is 4.31 Å². The van der Waals surface area contributed by atoms with Gasteiger partial charge in [0, 0.05) is 0 Å². The molecule has 6 heteroatoms. The van der Waals surface area contributed by atoms with Gasteiger partial charge in [0.25, 0.3) is 0 Å². The van der Waals surface area contributed by atoms with Gasteiger partial charge in [0.05, 0.1) is 0 Å². The number of phenolic OH excluding ortho intramolecular Hbond substituents is 2. The van der Waals surface area contributed by atoms with Crippen LogP contribution in [0.25, 0.3) is 0 Å². The molecule has 0 atom stereocenters. The molecule has 2 N–H and O–H groups in total. The fourth-order valence-corrected chi connectivity index (χ4v) is 3.23. The zero-order valence-corrected chi connectivity index (χ0v) is 24.5. The van der Waals surface area contributed by atoms with Gasteiger partial charge in [-0.3, -0.25) is 0 Å². The van der Waals surface area contributed by atoms with Gasteiger partial charge in [-0.15, -0.1) is 0 Å². The molecule has 0 bridgehead atoms. The predicted octanol–water partition coefficient (Wildman–Crippen LogP) is 0.783. The number of aromatic nitrogens is 1. The SMILES string of the molecule is Cc1ccc(O)c(C(C)(C)C)c1.Cc1ccc(O)c(C(C)(C)C)c1.[Cl-].[Cl-].[Ti]=[CH]c1ccccn1. The van der Waals surface area contributed by atoms with E-state index in [0.29, 0.717) is 11.5 Å². The summed E-state index contributed by atoms with van der Waals surface area (Å²) in [5, 5.41) is 19.1. The van der Waals surface area contributed by atoms with Crippen LogP contribution < -0.4 is 24.8 Å². The number of hydrogen-bond acceptors (Lipinski definition) is 3. The summed E-state index contributed by atoms with van der Waals surface area (Å²) in [6, 6.07) is 17.3. The fourth-order valence-electron chi connectivity index (χ4n) is 2.96. The molecule has 2 aromatic carbocycles. The number of nitrogens with zero attached hydrogens (tertiary/aromatic N) is 1. The molecule has 0 unspecified atom stereocenters. The van der Waals surface area contributed by atoms with Crippen molar-refractivity contribution in [1.82, 2.24) is 4.98 Å². The van der Waals surface area contributed by atoms with Gasteiger partial charge < -0.3 is 35.0 Å². The molecule has 0 radical (unpaired) electrons. The number of benzene rings is 2. The van der Waals surface area contributed by atoms with Gasteiger partial charge in [0.15, 0.2) is 0 Å². The van der Waals surface area contributed by atoms with Gasteiger partial charge in [-0.25, -0.2) is 0 Å². The summed E-state index contributed by atoms with van der Waals surface area (Å²) in [7, 11) is 0. The van der Waals surface area contributed by atoms with Crippen LogP contribution in [0.1, 0.15) is 69.5 Å². The second-order valence-corrected chi connectivity index (χ2v) is 10.4. The Balaban J connectivity index is 0. The van der Waals surface area contributed by atoms with Gasteiger partial charge in [0.1, 0.15) is 11.5 Å². The zero-order valence-electron chi connectivity index (χ0n) is 21.4. The molecule has 0 saturated heterocycles. The molecular formula is C28H37Cl2NO2Ti-2. The van der Waals surface area contributed by atoms with Gasteiger partial charge in [-0.1, -0.05) is 76.9 Å². The van der Waals surface area contributed by atoms with Crippen molar-refractivity contribution in [2.75, 3.05) is 0 Å². The summed E-state index contributed by atoms with van der Waals surface area (Å²) in [5.41, 5.74) is 5.50. The standard InChI is InChI=1S/2C11H16O.C6H5N.2ClH.Ti/c2*1-8-5-6-10(12)9(7-8)11(2,3)4;1-6-4-2-3-5-7-6;;;/h2*5-7,12H,1-4H3;1-5H;2*1H;/p-2. The van der Waals surface area contributed by atoms with E-state index >= 15 is 0 Å². The number of pyridine rings is 1. The van der Waals surface area contributed by atoms with Gasteiger partial charge >= 0.3 is 59.4 Å². The number of halogens is 2. The number of hydrogen-bond donors (Lipinski definition) is 2. The van der Waals surface area contributed by atoms with E-state index in [1.54, 1.807) is 18.3 Å². The first-order valence-corrected chi connectivity index (χ1v) is 11.7. The van der Waals surface area contributed by atoms with Crippen LogP contribution in [0.15, 0.2) is 60.8 Å². The summed E-state index contributed by atoms with van der Waals surface area (Å²) in [6.45, 7) is 16.7. The normalized spacial score (nSPS) is 10.2. The van der Waals surface area contributed by atoms with E-state index in [4.69, 9.17) is 0 Å². The first-order chi connectivity index (χ1) is 14.8. The van der Waals surface area contributed by atoms with E-state index in [1.807, 2.05) is 80.6 Å². The molecule has 0 aliphatic rings. The van der Waals surface area contributed by atoms with Crippen LogP contribution in [0.4, 0.5) is 0 Å². The van der Waals surface area contributed by atoms with E-state index in [9.17, 15) is 10.2 Å². The Morgan fingerprint density at radius 2 is 1.12 bits per heavy atom. The molecule has 186 valence electrons. The molecule has 3 rings (SSSR count). The van der Waals surface area contributed by atoms with E-state index < -0.39 is 0 Å². The minimum atomic E-state index is 0. The second-order valence-electron chi connectivity index (χ2n) is 9.94. The van der Waals surface area contributed by atoms with Gasteiger partial charge in [-0.05, 0) is 47.9 Å². The van der Waals surface area contributed by atoms with Crippen LogP contribution in [0.3, 0.4) is 0 Å². The Labute approximate surface area is 229 Å². The summed E-state index contributed by atoms with van der Waals surface area (Å²) in [5.74, 6) is 0.793. The van der Waals surface area contributed by atoms with Gasteiger partial charge in [0.2, 0.25) is 0 Å².